The van der Waals surface area contributed by atoms with E-state index in [4.69, 9.17) is 16.4 Å². The highest BCUT2D eigenvalue weighted by molar-refractivity contribution is 7.86. The molecule has 11 nitrogen and oxygen atoms in total. The molecule has 2 aromatic rings. The largest absolute Gasteiger partial charge is 0.744 e. The number of nitrogens with one attached hydrogen (secondary N) is 2. The Bertz CT molecular complexity index is 1200. The zero-order valence-corrected chi connectivity index (χ0v) is 14.3. The van der Waals surface area contributed by atoms with Gasteiger partial charge < -0.3 is 14.8 Å². The number of nitrogens with two attached hydrogens (primary N) is 1. The lowest BCUT2D eigenvalue weighted by Crippen LogP contribution is -2.21. The number of anilines is 1. The second-order valence-electron chi connectivity index (χ2n) is 4.86. The monoisotopic (exact) mass is 395 g/mol. The summed E-state index contributed by atoms with van der Waals surface area (Å²) in [4.78, 5) is -1.75. The Hall–Kier alpha value is -3.05. The van der Waals surface area contributed by atoms with E-state index < -0.39 is 41.6 Å². The van der Waals surface area contributed by atoms with Gasteiger partial charge in [-0.3, -0.25) is 10.8 Å². The van der Waals surface area contributed by atoms with Crippen molar-refractivity contribution in [1.29, 1.82) is 10.7 Å². The van der Waals surface area contributed by atoms with E-state index in [1.165, 1.54) is 18.2 Å². The van der Waals surface area contributed by atoms with Crippen LogP contribution in [0.1, 0.15) is 0 Å². The third-order valence-corrected chi connectivity index (χ3v) is 4.79. The van der Waals surface area contributed by atoms with E-state index in [1.54, 1.807) is 6.07 Å². The lowest BCUT2D eigenvalue weighted by atomic mass is 10.1. The standard InChI is InChI=1S/C13H11N5O6S2/c14-6-11(13(15)16)18-17-8-1-2-10-7(3-8)4-9(25(19,20)21)5-12(10)26(22,23)24/h1-5,17H,(H3,15,16)(H,19,20,21)(H,22,23,24)/p-2/b18-11+. The summed E-state index contributed by atoms with van der Waals surface area (Å²) in [5.41, 5.74) is 7.23. The highest BCUT2D eigenvalue weighted by atomic mass is 32.2. The molecule has 0 fully saturated rings. The summed E-state index contributed by atoms with van der Waals surface area (Å²) in [6.07, 6.45) is 0. The number of rotatable bonds is 5. The smallest absolute Gasteiger partial charge is 0.201 e. The van der Waals surface area contributed by atoms with Crippen LogP contribution in [-0.2, 0) is 20.2 Å². The maximum absolute atomic E-state index is 11.4. The third kappa shape index (κ3) is 4.13. The number of hydrogen-bond donors (Lipinski definition) is 3. The Morgan fingerprint density at radius 1 is 1.15 bits per heavy atom. The molecular weight excluding hydrogens is 386 g/mol. The van der Waals surface area contributed by atoms with Gasteiger partial charge in [0.2, 0.25) is 5.71 Å². The van der Waals surface area contributed by atoms with Gasteiger partial charge >= 0.3 is 0 Å². The second-order valence-corrected chi connectivity index (χ2v) is 7.59. The van der Waals surface area contributed by atoms with Gasteiger partial charge in [0.1, 0.15) is 26.3 Å². The van der Waals surface area contributed by atoms with Crippen molar-refractivity contribution in [1.82, 2.24) is 0 Å². The van der Waals surface area contributed by atoms with Crippen LogP contribution in [0.4, 0.5) is 5.69 Å². The van der Waals surface area contributed by atoms with Crippen molar-refractivity contribution in [3.8, 4) is 6.07 Å². The molecule has 0 aliphatic rings. The van der Waals surface area contributed by atoms with Gasteiger partial charge in [-0.15, -0.1) is 0 Å². The predicted molar refractivity (Wildman–Crippen MR) is 88.5 cm³/mol. The molecule has 4 N–H and O–H groups in total. The summed E-state index contributed by atoms with van der Waals surface area (Å²) in [5, 5.41) is 19.3. The minimum atomic E-state index is -5.05. The van der Waals surface area contributed by atoms with Gasteiger partial charge in [-0.1, -0.05) is 6.07 Å². The van der Waals surface area contributed by atoms with Gasteiger partial charge in [0, 0.05) is 0 Å². The fourth-order valence-corrected chi connectivity index (χ4v) is 3.33. The minimum Gasteiger partial charge on any atom is -0.744 e. The Morgan fingerprint density at radius 3 is 2.31 bits per heavy atom. The molecule has 0 radical (unpaired) electrons. The first-order valence-corrected chi connectivity index (χ1v) is 9.33. The average Bonchev–Trinajstić information content (AvgIpc) is 2.52. The molecule has 2 aromatic carbocycles. The lowest BCUT2D eigenvalue weighted by Gasteiger charge is -2.15. The molecule has 0 aliphatic heterocycles. The van der Waals surface area contributed by atoms with Crippen LogP contribution < -0.4 is 11.2 Å². The summed E-state index contributed by atoms with van der Waals surface area (Å²) in [6.45, 7) is 0. The molecule has 0 aliphatic carbocycles. The number of nitriles is 1. The van der Waals surface area contributed by atoms with E-state index in [-0.39, 0.29) is 16.5 Å². The van der Waals surface area contributed by atoms with Gasteiger partial charge in [0.25, 0.3) is 0 Å². The first kappa shape index (κ1) is 19.3. The molecular formula is C13H9N5O6S2-2. The summed E-state index contributed by atoms with van der Waals surface area (Å²) in [5.74, 6) is -0.597. The number of hydrogen-bond acceptors (Lipinski definition) is 10. The zero-order chi connectivity index (χ0) is 19.7. The first-order valence-electron chi connectivity index (χ1n) is 6.51. The number of hydrazone groups is 1. The lowest BCUT2D eigenvalue weighted by molar-refractivity contribution is 0.462. The van der Waals surface area contributed by atoms with Crippen LogP contribution in [0, 0.1) is 16.7 Å². The molecule has 136 valence electrons. The Balaban J connectivity index is 2.69. The molecule has 0 aromatic heterocycles. The van der Waals surface area contributed by atoms with Crippen molar-refractivity contribution >= 4 is 48.2 Å². The highest BCUT2D eigenvalue weighted by Crippen LogP contribution is 2.29. The van der Waals surface area contributed by atoms with Gasteiger partial charge in [-0.25, -0.2) is 16.8 Å². The van der Waals surface area contributed by atoms with Gasteiger partial charge in [0.15, 0.2) is 5.84 Å². The van der Waals surface area contributed by atoms with Gasteiger partial charge in [-0.05, 0) is 35.0 Å². The third-order valence-electron chi connectivity index (χ3n) is 3.10. The fraction of sp³-hybridized carbons (Fsp3) is 0. The molecule has 0 unspecified atom stereocenters. The van der Waals surface area contributed by atoms with Crippen molar-refractivity contribution in [2.45, 2.75) is 9.79 Å². The van der Waals surface area contributed by atoms with E-state index in [2.05, 4.69) is 10.5 Å². The quantitative estimate of drug-likeness (QED) is 0.266. The second kappa shape index (κ2) is 6.69. The predicted octanol–water partition coefficient (Wildman–Crippen LogP) is -0.125. The topological polar surface area (TPSA) is 212 Å². The minimum absolute atomic E-state index is 0.0436. The van der Waals surface area contributed by atoms with Crippen LogP contribution in [0.5, 0.6) is 0 Å². The highest BCUT2D eigenvalue weighted by Gasteiger charge is 2.13. The van der Waals surface area contributed by atoms with Crippen LogP contribution >= 0.6 is 0 Å². The number of benzene rings is 2. The van der Waals surface area contributed by atoms with Crippen molar-refractivity contribution < 1.29 is 25.9 Å². The molecule has 0 spiro atoms. The van der Waals surface area contributed by atoms with E-state index in [1.807, 2.05) is 0 Å². The number of nitrogens with zero attached hydrogens (tertiary/aromatic N) is 2. The Labute approximate surface area is 147 Å². The maximum Gasteiger partial charge on any atom is 0.201 e. The molecule has 0 saturated heterocycles. The Kier molecular flexibility index (Phi) is 4.96. The van der Waals surface area contributed by atoms with Gasteiger partial charge in [0.05, 0.1) is 15.5 Å². The summed E-state index contributed by atoms with van der Waals surface area (Å²) in [6, 6.07) is 6.66. The normalized spacial score (nSPS) is 12.6. The molecule has 0 amide bonds. The van der Waals surface area contributed by atoms with Crippen LogP contribution in [0.3, 0.4) is 0 Å². The van der Waals surface area contributed by atoms with Crippen LogP contribution in [-0.4, -0.2) is 37.5 Å². The van der Waals surface area contributed by atoms with Crippen LogP contribution in [0.25, 0.3) is 10.8 Å². The molecule has 0 bridgehead atoms. The van der Waals surface area contributed by atoms with Crippen molar-refractivity contribution in [2.24, 2.45) is 10.8 Å². The van der Waals surface area contributed by atoms with E-state index in [0.717, 1.165) is 6.07 Å². The molecule has 26 heavy (non-hydrogen) atoms. The first-order chi connectivity index (χ1) is 11.9. The van der Waals surface area contributed by atoms with Gasteiger partial charge in [-0.2, -0.15) is 10.4 Å². The molecule has 0 atom stereocenters. The molecule has 13 heteroatoms. The zero-order valence-electron chi connectivity index (χ0n) is 12.6. The number of amidine groups is 1. The number of fused-ring (bicyclic) bond motifs is 1. The average molecular weight is 395 g/mol. The van der Waals surface area contributed by atoms with E-state index in [9.17, 15) is 25.9 Å². The van der Waals surface area contributed by atoms with Crippen LogP contribution in [0.15, 0.2) is 45.2 Å². The summed E-state index contributed by atoms with van der Waals surface area (Å²) < 4.78 is 67.7. The fourth-order valence-electron chi connectivity index (χ4n) is 2.00. The summed E-state index contributed by atoms with van der Waals surface area (Å²) >= 11 is 0. The molecule has 2 rings (SSSR count). The maximum atomic E-state index is 11.4. The summed E-state index contributed by atoms with van der Waals surface area (Å²) in [7, 11) is -10.1. The SMILES string of the molecule is N#C/C(=N\Nc1ccc2c(S(=O)(=O)[O-])cc(S(=O)(=O)[O-])cc2c1)C(=N)N. The van der Waals surface area contributed by atoms with Crippen molar-refractivity contribution in [2.75, 3.05) is 5.43 Å². The van der Waals surface area contributed by atoms with E-state index >= 15 is 0 Å². The van der Waals surface area contributed by atoms with Crippen molar-refractivity contribution in [3.05, 3.63) is 30.3 Å². The molecule has 0 saturated carbocycles. The van der Waals surface area contributed by atoms with E-state index in [0.29, 0.717) is 6.07 Å². The molecule has 0 heterocycles. The van der Waals surface area contributed by atoms with Crippen LogP contribution in [0.2, 0.25) is 0 Å². The Morgan fingerprint density at radius 2 is 1.81 bits per heavy atom. The van der Waals surface area contributed by atoms with Crippen molar-refractivity contribution in [3.63, 3.8) is 0 Å².